The Balaban J connectivity index is 2.50. The lowest BCUT2D eigenvalue weighted by atomic mass is 10.3. The summed E-state index contributed by atoms with van der Waals surface area (Å²) in [4.78, 5) is 0. The van der Waals surface area contributed by atoms with Crippen molar-refractivity contribution in [1.82, 2.24) is 9.78 Å². The maximum absolute atomic E-state index is 5.50. The minimum Gasteiger partial charge on any atom is -0.487 e. The fourth-order valence-electron chi connectivity index (χ4n) is 0.775. The van der Waals surface area contributed by atoms with Crippen molar-refractivity contribution in [2.45, 2.75) is 26.4 Å². The van der Waals surface area contributed by atoms with E-state index in [2.05, 4.69) is 12.0 Å². The fraction of sp³-hybridized carbons (Fsp3) is 0.625. The quantitative estimate of drug-likeness (QED) is 0.661. The Kier molecular flexibility index (Phi) is 2.52. The van der Waals surface area contributed by atoms with Gasteiger partial charge in [0, 0.05) is 7.05 Å². The van der Waals surface area contributed by atoms with Crippen LogP contribution in [-0.2, 0) is 7.05 Å². The Morgan fingerprint density at radius 2 is 2.45 bits per heavy atom. The summed E-state index contributed by atoms with van der Waals surface area (Å²) in [5, 5.41) is 4.00. The van der Waals surface area contributed by atoms with Crippen LogP contribution in [0.3, 0.4) is 0 Å². The normalized spacial score (nSPS) is 13.0. The number of aryl methyl sites for hydroxylation is 1. The molecule has 1 rings (SSSR count). The van der Waals surface area contributed by atoms with Crippen molar-refractivity contribution in [2.75, 3.05) is 0 Å². The highest BCUT2D eigenvalue weighted by Crippen LogP contribution is 2.10. The first-order valence-corrected chi connectivity index (χ1v) is 3.87. The molecule has 11 heavy (non-hydrogen) atoms. The Hall–Kier alpha value is -0.990. The SMILES string of the molecule is CCC(C)Oc1cnn(C)c1. The largest absolute Gasteiger partial charge is 0.487 e. The molecule has 1 unspecified atom stereocenters. The molecule has 0 amide bonds. The molecule has 0 saturated carbocycles. The Morgan fingerprint density at radius 1 is 1.73 bits per heavy atom. The van der Waals surface area contributed by atoms with E-state index in [0.717, 1.165) is 12.2 Å². The summed E-state index contributed by atoms with van der Waals surface area (Å²) in [6.45, 7) is 4.15. The van der Waals surface area contributed by atoms with Crippen LogP contribution < -0.4 is 4.74 Å². The lowest BCUT2D eigenvalue weighted by Crippen LogP contribution is -2.08. The van der Waals surface area contributed by atoms with Crippen LogP contribution in [-0.4, -0.2) is 15.9 Å². The summed E-state index contributed by atoms with van der Waals surface area (Å²) in [6, 6.07) is 0. The number of hydrogen-bond donors (Lipinski definition) is 0. The van der Waals surface area contributed by atoms with E-state index in [9.17, 15) is 0 Å². The molecule has 3 nitrogen and oxygen atoms in total. The molecular formula is C8H14N2O. The molecule has 1 aromatic rings. The molecule has 0 fully saturated rings. The first kappa shape index (κ1) is 8.11. The van der Waals surface area contributed by atoms with Crippen molar-refractivity contribution >= 4 is 0 Å². The number of rotatable bonds is 3. The summed E-state index contributed by atoms with van der Waals surface area (Å²) < 4.78 is 7.23. The van der Waals surface area contributed by atoms with Gasteiger partial charge in [-0.2, -0.15) is 5.10 Å². The molecule has 0 aliphatic carbocycles. The second-order valence-electron chi connectivity index (χ2n) is 2.69. The van der Waals surface area contributed by atoms with Crippen LogP contribution >= 0.6 is 0 Å². The van der Waals surface area contributed by atoms with Gasteiger partial charge in [-0.15, -0.1) is 0 Å². The molecule has 0 N–H and O–H groups in total. The number of ether oxygens (including phenoxy) is 1. The maximum atomic E-state index is 5.50. The maximum Gasteiger partial charge on any atom is 0.157 e. The van der Waals surface area contributed by atoms with Crippen molar-refractivity contribution in [3.05, 3.63) is 12.4 Å². The lowest BCUT2D eigenvalue weighted by molar-refractivity contribution is 0.217. The summed E-state index contributed by atoms with van der Waals surface area (Å²) >= 11 is 0. The zero-order valence-electron chi connectivity index (χ0n) is 7.24. The topological polar surface area (TPSA) is 27.1 Å². The van der Waals surface area contributed by atoms with Gasteiger partial charge in [0.1, 0.15) is 0 Å². The highest BCUT2D eigenvalue weighted by atomic mass is 16.5. The second-order valence-corrected chi connectivity index (χ2v) is 2.69. The highest BCUT2D eigenvalue weighted by molar-refractivity contribution is 5.11. The third-order valence-corrected chi connectivity index (χ3v) is 1.59. The summed E-state index contributed by atoms with van der Waals surface area (Å²) in [7, 11) is 1.88. The van der Waals surface area contributed by atoms with E-state index in [0.29, 0.717) is 0 Å². The van der Waals surface area contributed by atoms with Crippen LogP contribution in [0.25, 0.3) is 0 Å². The first-order chi connectivity index (χ1) is 5.22. The van der Waals surface area contributed by atoms with Crippen molar-refractivity contribution in [2.24, 2.45) is 7.05 Å². The molecule has 1 heterocycles. The van der Waals surface area contributed by atoms with Crippen molar-refractivity contribution in [3.8, 4) is 5.75 Å². The molecule has 0 aromatic carbocycles. The molecule has 0 aliphatic heterocycles. The van der Waals surface area contributed by atoms with Crippen molar-refractivity contribution < 1.29 is 4.74 Å². The van der Waals surface area contributed by atoms with Gasteiger partial charge in [0.15, 0.2) is 5.75 Å². The van der Waals surface area contributed by atoms with E-state index in [4.69, 9.17) is 4.74 Å². The van der Waals surface area contributed by atoms with Gasteiger partial charge in [-0.1, -0.05) is 6.92 Å². The van der Waals surface area contributed by atoms with E-state index in [-0.39, 0.29) is 6.10 Å². The minimum atomic E-state index is 0.277. The monoisotopic (exact) mass is 154 g/mol. The van der Waals surface area contributed by atoms with Gasteiger partial charge in [-0.05, 0) is 13.3 Å². The second kappa shape index (κ2) is 3.42. The summed E-state index contributed by atoms with van der Waals surface area (Å²) in [6.07, 6.45) is 4.90. The Morgan fingerprint density at radius 3 is 2.91 bits per heavy atom. The summed E-state index contributed by atoms with van der Waals surface area (Å²) in [5.41, 5.74) is 0. The molecule has 1 aromatic heterocycles. The predicted molar refractivity (Wildman–Crippen MR) is 43.6 cm³/mol. The Labute approximate surface area is 67.0 Å². The van der Waals surface area contributed by atoms with Crippen LogP contribution in [0.15, 0.2) is 12.4 Å². The van der Waals surface area contributed by atoms with E-state index >= 15 is 0 Å². The van der Waals surface area contributed by atoms with E-state index < -0.39 is 0 Å². The smallest absolute Gasteiger partial charge is 0.157 e. The van der Waals surface area contributed by atoms with Crippen molar-refractivity contribution in [1.29, 1.82) is 0 Å². The zero-order chi connectivity index (χ0) is 8.27. The van der Waals surface area contributed by atoms with E-state index in [1.807, 2.05) is 20.2 Å². The van der Waals surface area contributed by atoms with Crippen LogP contribution in [0.2, 0.25) is 0 Å². The molecule has 0 aliphatic rings. The Bertz CT molecular complexity index is 220. The fourth-order valence-corrected chi connectivity index (χ4v) is 0.775. The predicted octanol–water partition coefficient (Wildman–Crippen LogP) is 1.60. The number of hydrogen-bond acceptors (Lipinski definition) is 2. The van der Waals surface area contributed by atoms with Crippen LogP contribution in [0.5, 0.6) is 5.75 Å². The van der Waals surface area contributed by atoms with Gasteiger partial charge in [0.05, 0.1) is 18.5 Å². The molecule has 62 valence electrons. The third kappa shape index (κ3) is 2.26. The van der Waals surface area contributed by atoms with Gasteiger partial charge in [0.2, 0.25) is 0 Å². The summed E-state index contributed by atoms with van der Waals surface area (Å²) in [5.74, 6) is 0.849. The van der Waals surface area contributed by atoms with Gasteiger partial charge in [0.25, 0.3) is 0 Å². The van der Waals surface area contributed by atoms with Crippen LogP contribution in [0.1, 0.15) is 20.3 Å². The first-order valence-electron chi connectivity index (χ1n) is 3.87. The molecule has 1 atom stereocenters. The third-order valence-electron chi connectivity index (χ3n) is 1.59. The van der Waals surface area contributed by atoms with Crippen LogP contribution in [0.4, 0.5) is 0 Å². The molecule has 0 bridgehead atoms. The molecule has 0 saturated heterocycles. The lowest BCUT2D eigenvalue weighted by Gasteiger charge is -2.08. The molecule has 0 spiro atoms. The van der Waals surface area contributed by atoms with Gasteiger partial charge in [-0.25, -0.2) is 0 Å². The highest BCUT2D eigenvalue weighted by Gasteiger charge is 2.01. The zero-order valence-corrected chi connectivity index (χ0v) is 7.24. The number of nitrogens with zero attached hydrogens (tertiary/aromatic N) is 2. The molecule has 3 heteroatoms. The average Bonchev–Trinajstić information content (AvgIpc) is 2.35. The van der Waals surface area contributed by atoms with Gasteiger partial charge >= 0.3 is 0 Å². The van der Waals surface area contributed by atoms with Crippen LogP contribution in [0, 0.1) is 0 Å². The standard InChI is InChI=1S/C8H14N2O/c1-4-7(2)11-8-5-9-10(3)6-8/h5-7H,4H2,1-3H3. The average molecular weight is 154 g/mol. The van der Waals surface area contributed by atoms with Crippen molar-refractivity contribution in [3.63, 3.8) is 0 Å². The van der Waals surface area contributed by atoms with E-state index in [1.54, 1.807) is 10.9 Å². The number of aromatic nitrogens is 2. The molecular weight excluding hydrogens is 140 g/mol. The van der Waals surface area contributed by atoms with Gasteiger partial charge in [-0.3, -0.25) is 4.68 Å². The van der Waals surface area contributed by atoms with Gasteiger partial charge < -0.3 is 4.74 Å². The minimum absolute atomic E-state index is 0.277. The molecule has 0 radical (unpaired) electrons. The van der Waals surface area contributed by atoms with E-state index in [1.165, 1.54) is 0 Å².